The number of sulfonamides is 1. The predicted molar refractivity (Wildman–Crippen MR) is 107 cm³/mol. The third-order valence-electron chi connectivity index (χ3n) is 4.57. The van der Waals surface area contributed by atoms with E-state index in [1.54, 1.807) is 32.0 Å². The maximum Gasteiger partial charge on any atom is 0.418 e. The van der Waals surface area contributed by atoms with E-state index in [2.05, 4.69) is 5.32 Å². The van der Waals surface area contributed by atoms with Gasteiger partial charge in [-0.3, -0.25) is 9.10 Å². The van der Waals surface area contributed by atoms with Crippen molar-refractivity contribution in [2.45, 2.75) is 39.4 Å². The highest BCUT2D eigenvalue weighted by molar-refractivity contribution is 7.92. The minimum Gasteiger partial charge on any atom is -0.324 e. The van der Waals surface area contributed by atoms with Crippen molar-refractivity contribution in [3.05, 3.63) is 59.2 Å². The van der Waals surface area contributed by atoms with E-state index < -0.39 is 39.4 Å². The van der Waals surface area contributed by atoms with Gasteiger partial charge < -0.3 is 5.32 Å². The number of carbonyl (C=O) groups excluding carboxylic acids is 1. The minimum absolute atomic E-state index is 0.0695. The lowest BCUT2D eigenvalue weighted by Crippen LogP contribution is -2.47. The molecule has 0 aliphatic heterocycles. The molecule has 0 aromatic heterocycles. The number of carbonyl (C=O) groups is 1. The summed E-state index contributed by atoms with van der Waals surface area (Å²) in [6.45, 7) is 5.26. The number of amides is 1. The summed E-state index contributed by atoms with van der Waals surface area (Å²) >= 11 is 0. The largest absolute Gasteiger partial charge is 0.418 e. The molecule has 0 spiro atoms. The van der Waals surface area contributed by atoms with Gasteiger partial charge in [-0.05, 0) is 55.7 Å². The molecule has 9 heteroatoms. The number of alkyl halides is 3. The van der Waals surface area contributed by atoms with Crippen LogP contribution in [0.2, 0.25) is 0 Å². The molecule has 0 saturated heterocycles. The molecule has 2 rings (SSSR count). The highest BCUT2D eigenvalue weighted by Crippen LogP contribution is 2.35. The molecule has 0 unspecified atom stereocenters. The second-order valence-electron chi connectivity index (χ2n) is 6.78. The molecule has 0 bridgehead atoms. The van der Waals surface area contributed by atoms with Gasteiger partial charge in [-0.15, -0.1) is 0 Å². The SMILES string of the molecule is CC[C@H](C(=O)Nc1ccccc1C(F)(F)F)N(c1ccc(C)c(C)c1)S(C)(=O)=O. The van der Waals surface area contributed by atoms with Gasteiger partial charge in [0.05, 0.1) is 23.2 Å². The van der Waals surface area contributed by atoms with Gasteiger partial charge >= 0.3 is 6.18 Å². The number of halogens is 3. The zero-order chi connectivity index (χ0) is 22.0. The first-order valence-corrected chi connectivity index (χ1v) is 10.7. The fraction of sp³-hybridized carbons (Fsp3) is 0.350. The lowest BCUT2D eigenvalue weighted by Gasteiger charge is -2.30. The third-order valence-corrected chi connectivity index (χ3v) is 5.74. The Bertz CT molecular complexity index is 1000. The maximum absolute atomic E-state index is 13.2. The van der Waals surface area contributed by atoms with Crippen LogP contribution in [0.3, 0.4) is 0 Å². The van der Waals surface area contributed by atoms with Gasteiger partial charge in [-0.1, -0.05) is 25.1 Å². The summed E-state index contributed by atoms with van der Waals surface area (Å²) in [5.41, 5.74) is 0.631. The summed E-state index contributed by atoms with van der Waals surface area (Å²) in [5.74, 6) is -0.840. The molecule has 0 aliphatic rings. The highest BCUT2D eigenvalue weighted by atomic mass is 32.2. The van der Waals surface area contributed by atoms with Gasteiger partial charge in [0.1, 0.15) is 6.04 Å². The van der Waals surface area contributed by atoms with Crippen LogP contribution in [-0.2, 0) is 21.0 Å². The molecule has 1 N–H and O–H groups in total. The molecule has 0 heterocycles. The van der Waals surface area contributed by atoms with E-state index in [1.807, 2.05) is 6.92 Å². The van der Waals surface area contributed by atoms with E-state index in [4.69, 9.17) is 0 Å². The van der Waals surface area contributed by atoms with Crippen LogP contribution in [0.15, 0.2) is 42.5 Å². The number of nitrogens with zero attached hydrogens (tertiary/aromatic N) is 1. The fourth-order valence-corrected chi connectivity index (χ4v) is 4.18. The van der Waals surface area contributed by atoms with Crippen LogP contribution in [0.25, 0.3) is 0 Å². The molecule has 29 heavy (non-hydrogen) atoms. The Kier molecular flexibility index (Phi) is 6.62. The van der Waals surface area contributed by atoms with Crippen molar-refractivity contribution in [2.24, 2.45) is 0 Å². The molecule has 0 fully saturated rings. The topological polar surface area (TPSA) is 66.5 Å². The first kappa shape index (κ1) is 22.7. The second kappa shape index (κ2) is 8.44. The Morgan fingerprint density at radius 1 is 1.10 bits per heavy atom. The molecule has 2 aromatic rings. The van der Waals surface area contributed by atoms with Crippen molar-refractivity contribution >= 4 is 27.3 Å². The van der Waals surface area contributed by atoms with Crippen molar-refractivity contribution in [3.8, 4) is 0 Å². The number of para-hydroxylation sites is 1. The second-order valence-corrected chi connectivity index (χ2v) is 8.64. The lowest BCUT2D eigenvalue weighted by atomic mass is 10.1. The molecule has 158 valence electrons. The van der Waals surface area contributed by atoms with E-state index >= 15 is 0 Å². The number of hydrogen-bond donors (Lipinski definition) is 1. The van der Waals surface area contributed by atoms with Gasteiger partial charge in [-0.2, -0.15) is 13.2 Å². The monoisotopic (exact) mass is 428 g/mol. The summed E-state index contributed by atoms with van der Waals surface area (Å²) < 4.78 is 65.6. The summed E-state index contributed by atoms with van der Waals surface area (Å²) in [5, 5.41) is 2.25. The standard InChI is InChI=1S/C20H23F3N2O3S/c1-5-18(19(26)24-17-9-7-6-8-16(17)20(21,22)23)25(29(4,27)28)15-11-10-13(2)14(3)12-15/h6-12,18H,5H2,1-4H3,(H,24,26)/t18-/m1/s1. The Balaban J connectivity index is 2.46. The number of hydrogen-bond acceptors (Lipinski definition) is 3. The highest BCUT2D eigenvalue weighted by Gasteiger charge is 2.36. The van der Waals surface area contributed by atoms with Gasteiger partial charge in [0, 0.05) is 0 Å². The molecule has 1 atom stereocenters. The van der Waals surface area contributed by atoms with Crippen LogP contribution in [0.5, 0.6) is 0 Å². The van der Waals surface area contributed by atoms with E-state index in [9.17, 15) is 26.4 Å². The van der Waals surface area contributed by atoms with Crippen LogP contribution in [0, 0.1) is 13.8 Å². The van der Waals surface area contributed by atoms with E-state index in [-0.39, 0.29) is 12.1 Å². The summed E-state index contributed by atoms with van der Waals surface area (Å²) in [4.78, 5) is 12.9. The third kappa shape index (κ3) is 5.29. The maximum atomic E-state index is 13.2. The quantitative estimate of drug-likeness (QED) is 0.737. The zero-order valence-corrected chi connectivity index (χ0v) is 17.4. The molecule has 2 aromatic carbocycles. The van der Waals surface area contributed by atoms with Crippen LogP contribution in [0.1, 0.15) is 30.0 Å². The van der Waals surface area contributed by atoms with Gasteiger partial charge in [-0.25, -0.2) is 8.42 Å². The van der Waals surface area contributed by atoms with E-state index in [0.29, 0.717) is 0 Å². The average molecular weight is 428 g/mol. The van der Waals surface area contributed by atoms with Crippen molar-refractivity contribution < 1.29 is 26.4 Å². The molecular formula is C20H23F3N2O3S. The Morgan fingerprint density at radius 3 is 2.24 bits per heavy atom. The zero-order valence-electron chi connectivity index (χ0n) is 16.5. The Hall–Kier alpha value is -2.55. The van der Waals surface area contributed by atoms with Crippen molar-refractivity contribution in [1.29, 1.82) is 0 Å². The lowest BCUT2D eigenvalue weighted by molar-refractivity contribution is -0.137. The van der Waals surface area contributed by atoms with Gasteiger partial charge in [0.2, 0.25) is 15.9 Å². The summed E-state index contributed by atoms with van der Waals surface area (Å²) in [6.07, 6.45) is -3.63. The Morgan fingerprint density at radius 2 is 1.72 bits per heavy atom. The van der Waals surface area contributed by atoms with Gasteiger partial charge in [0.25, 0.3) is 0 Å². The van der Waals surface area contributed by atoms with Crippen molar-refractivity contribution in [3.63, 3.8) is 0 Å². The number of aryl methyl sites for hydroxylation is 2. The first-order valence-electron chi connectivity index (χ1n) is 8.90. The van der Waals surface area contributed by atoms with Crippen LogP contribution >= 0.6 is 0 Å². The summed E-state index contributed by atoms with van der Waals surface area (Å²) in [7, 11) is -3.88. The van der Waals surface area contributed by atoms with Gasteiger partial charge in [0.15, 0.2) is 0 Å². The molecule has 0 aliphatic carbocycles. The molecule has 5 nitrogen and oxygen atoms in total. The fourth-order valence-electron chi connectivity index (χ4n) is 2.98. The van der Waals surface area contributed by atoms with E-state index in [0.717, 1.165) is 33.8 Å². The number of rotatable bonds is 6. The smallest absolute Gasteiger partial charge is 0.324 e. The Labute approximate surface area is 168 Å². The number of anilines is 2. The van der Waals surface area contributed by atoms with Crippen LogP contribution in [0.4, 0.5) is 24.5 Å². The number of nitrogens with one attached hydrogen (secondary N) is 1. The summed E-state index contributed by atoms with van der Waals surface area (Å²) in [6, 6.07) is 8.29. The molecular weight excluding hydrogens is 405 g/mol. The normalized spacial score (nSPS) is 13.1. The van der Waals surface area contributed by atoms with Crippen LogP contribution < -0.4 is 9.62 Å². The number of benzene rings is 2. The molecule has 0 radical (unpaired) electrons. The molecule has 1 amide bonds. The van der Waals surface area contributed by atoms with Crippen molar-refractivity contribution in [1.82, 2.24) is 0 Å². The molecule has 0 saturated carbocycles. The van der Waals surface area contributed by atoms with Crippen LogP contribution in [-0.4, -0.2) is 26.6 Å². The first-order chi connectivity index (χ1) is 13.4. The average Bonchev–Trinajstić information content (AvgIpc) is 2.60. The van der Waals surface area contributed by atoms with E-state index in [1.165, 1.54) is 12.1 Å². The van der Waals surface area contributed by atoms with Crippen molar-refractivity contribution in [2.75, 3.05) is 15.9 Å². The minimum atomic E-state index is -4.66. The predicted octanol–water partition coefficient (Wildman–Crippen LogP) is 4.51.